The third kappa shape index (κ3) is 4.43. The molecule has 0 radical (unpaired) electrons. The fourth-order valence-corrected chi connectivity index (χ4v) is 2.91. The summed E-state index contributed by atoms with van der Waals surface area (Å²) < 4.78 is 46.8. The molecule has 0 unspecified atom stereocenters. The molecule has 0 amide bonds. The van der Waals surface area contributed by atoms with Gasteiger partial charge in [0.25, 0.3) is 0 Å². The number of carbonyl (C=O) groups excluding carboxylic acids is 1. The lowest BCUT2D eigenvalue weighted by Crippen LogP contribution is -2.10. The van der Waals surface area contributed by atoms with Crippen molar-refractivity contribution >= 4 is 27.7 Å². The lowest BCUT2D eigenvalue weighted by Gasteiger charge is -2.08. The second kappa shape index (κ2) is 6.97. The second-order valence-electron chi connectivity index (χ2n) is 4.51. The number of ether oxygens (including phenoxy) is 1. The Morgan fingerprint density at radius 1 is 1.17 bits per heavy atom. The van der Waals surface area contributed by atoms with Crippen LogP contribution < -0.4 is 4.18 Å². The van der Waals surface area contributed by atoms with E-state index in [2.05, 4.69) is 4.74 Å². The average molecular weight is 359 g/mol. The minimum Gasteiger partial charge on any atom is -0.469 e. The fraction of sp³-hybridized carbons (Fsp3) is 0.133. The minimum atomic E-state index is -4.14. The Hall–Kier alpha value is -2.12. The maximum atomic E-state index is 13.1. The van der Waals surface area contributed by atoms with Crippen molar-refractivity contribution < 1.29 is 26.5 Å². The highest BCUT2D eigenvalue weighted by atomic mass is 35.5. The van der Waals surface area contributed by atoms with Gasteiger partial charge in [-0.15, -0.1) is 0 Å². The topological polar surface area (TPSA) is 69.7 Å². The Labute approximate surface area is 137 Å². The van der Waals surface area contributed by atoms with Crippen molar-refractivity contribution in [1.29, 1.82) is 0 Å². The molecule has 2 aromatic carbocycles. The van der Waals surface area contributed by atoms with Crippen LogP contribution in [0.15, 0.2) is 47.4 Å². The van der Waals surface area contributed by atoms with Gasteiger partial charge in [-0.25, -0.2) is 4.39 Å². The zero-order chi connectivity index (χ0) is 17.0. The Bertz CT molecular complexity index is 818. The quantitative estimate of drug-likeness (QED) is 0.607. The van der Waals surface area contributed by atoms with Gasteiger partial charge in [-0.2, -0.15) is 8.42 Å². The SMILES string of the molecule is COC(=O)Cc1ccc(OS(=O)(=O)c2ccc(F)c(Cl)c2)cc1. The van der Waals surface area contributed by atoms with Crippen molar-refractivity contribution in [2.45, 2.75) is 11.3 Å². The molecule has 0 aliphatic rings. The molecule has 0 aliphatic heterocycles. The van der Waals surface area contributed by atoms with Crippen LogP contribution in [0.4, 0.5) is 4.39 Å². The summed E-state index contributed by atoms with van der Waals surface area (Å²) in [6, 6.07) is 8.86. The Balaban J connectivity index is 2.17. The Morgan fingerprint density at radius 3 is 2.39 bits per heavy atom. The summed E-state index contributed by atoms with van der Waals surface area (Å²) in [7, 11) is -2.86. The molecule has 5 nitrogen and oxygen atoms in total. The van der Waals surface area contributed by atoms with Crippen LogP contribution in [-0.4, -0.2) is 21.5 Å². The van der Waals surface area contributed by atoms with Gasteiger partial charge in [0.05, 0.1) is 18.6 Å². The molecule has 0 aromatic heterocycles. The van der Waals surface area contributed by atoms with Crippen LogP contribution in [0.5, 0.6) is 5.75 Å². The van der Waals surface area contributed by atoms with Crippen molar-refractivity contribution in [3.8, 4) is 5.75 Å². The first kappa shape index (κ1) is 17.2. The molecule has 0 spiro atoms. The molecule has 0 saturated heterocycles. The van der Waals surface area contributed by atoms with Gasteiger partial charge in [-0.05, 0) is 35.9 Å². The van der Waals surface area contributed by atoms with Crippen LogP contribution >= 0.6 is 11.6 Å². The van der Waals surface area contributed by atoms with Gasteiger partial charge < -0.3 is 8.92 Å². The standard InChI is InChI=1S/C15H12ClFO5S/c1-21-15(18)8-10-2-4-11(5-3-10)22-23(19,20)12-6-7-14(17)13(16)9-12/h2-7,9H,8H2,1H3. The van der Waals surface area contributed by atoms with E-state index >= 15 is 0 Å². The number of hydrogen-bond acceptors (Lipinski definition) is 5. The van der Waals surface area contributed by atoms with E-state index in [9.17, 15) is 17.6 Å². The van der Waals surface area contributed by atoms with E-state index in [4.69, 9.17) is 15.8 Å². The van der Waals surface area contributed by atoms with Gasteiger partial charge in [-0.1, -0.05) is 23.7 Å². The van der Waals surface area contributed by atoms with Crippen LogP contribution in [0.3, 0.4) is 0 Å². The Morgan fingerprint density at radius 2 is 1.83 bits per heavy atom. The van der Waals surface area contributed by atoms with E-state index in [0.29, 0.717) is 5.56 Å². The zero-order valence-electron chi connectivity index (χ0n) is 12.0. The molecule has 0 fully saturated rings. The van der Waals surface area contributed by atoms with Crippen LogP contribution in [0, 0.1) is 5.82 Å². The van der Waals surface area contributed by atoms with E-state index in [1.165, 1.54) is 19.2 Å². The van der Waals surface area contributed by atoms with Gasteiger partial charge in [0.1, 0.15) is 16.5 Å². The van der Waals surface area contributed by atoms with Gasteiger partial charge in [0.15, 0.2) is 0 Å². The number of esters is 1. The molecule has 0 N–H and O–H groups in total. The summed E-state index contributed by atoms with van der Waals surface area (Å²) >= 11 is 5.57. The van der Waals surface area contributed by atoms with Crippen molar-refractivity contribution in [2.75, 3.05) is 7.11 Å². The normalized spacial score (nSPS) is 11.1. The minimum absolute atomic E-state index is 0.0547. The highest BCUT2D eigenvalue weighted by Crippen LogP contribution is 2.23. The maximum absolute atomic E-state index is 13.1. The smallest absolute Gasteiger partial charge is 0.339 e. The van der Waals surface area contributed by atoms with Crippen LogP contribution in [0.1, 0.15) is 5.56 Å². The molecule has 8 heteroatoms. The number of rotatable bonds is 5. The third-order valence-corrected chi connectivity index (χ3v) is 4.42. The lowest BCUT2D eigenvalue weighted by molar-refractivity contribution is -0.139. The van der Waals surface area contributed by atoms with E-state index < -0.39 is 21.9 Å². The van der Waals surface area contributed by atoms with Crippen LogP contribution in [-0.2, 0) is 26.1 Å². The average Bonchev–Trinajstić information content (AvgIpc) is 2.51. The largest absolute Gasteiger partial charge is 0.469 e. The van der Waals surface area contributed by atoms with E-state index in [-0.39, 0.29) is 22.1 Å². The fourth-order valence-electron chi connectivity index (χ4n) is 1.71. The lowest BCUT2D eigenvalue weighted by atomic mass is 10.1. The molecule has 23 heavy (non-hydrogen) atoms. The summed E-state index contributed by atoms with van der Waals surface area (Å²) in [6.45, 7) is 0. The summed E-state index contributed by atoms with van der Waals surface area (Å²) in [5, 5.41) is -0.317. The molecule has 0 aliphatic carbocycles. The zero-order valence-corrected chi connectivity index (χ0v) is 13.5. The number of carbonyl (C=O) groups is 1. The summed E-state index contributed by atoms with van der Waals surface area (Å²) in [5.41, 5.74) is 0.645. The predicted octanol–water partition coefficient (Wildman–Crippen LogP) is 2.96. The molecule has 2 rings (SSSR count). The van der Waals surface area contributed by atoms with Crippen molar-refractivity contribution in [2.24, 2.45) is 0 Å². The number of benzene rings is 2. The summed E-state index contributed by atoms with van der Waals surface area (Å²) in [6.07, 6.45) is 0.0666. The summed E-state index contributed by atoms with van der Waals surface area (Å²) in [4.78, 5) is 10.9. The molecule has 122 valence electrons. The van der Waals surface area contributed by atoms with Crippen molar-refractivity contribution in [1.82, 2.24) is 0 Å². The van der Waals surface area contributed by atoms with Gasteiger partial charge in [0.2, 0.25) is 0 Å². The monoisotopic (exact) mass is 358 g/mol. The number of methoxy groups -OCH3 is 1. The van der Waals surface area contributed by atoms with Gasteiger partial charge in [0, 0.05) is 0 Å². The molecule has 0 bridgehead atoms. The number of halogens is 2. The molecule has 0 saturated carbocycles. The van der Waals surface area contributed by atoms with Crippen LogP contribution in [0.25, 0.3) is 0 Å². The highest BCUT2D eigenvalue weighted by Gasteiger charge is 2.18. The maximum Gasteiger partial charge on any atom is 0.339 e. The predicted molar refractivity (Wildman–Crippen MR) is 81.4 cm³/mol. The van der Waals surface area contributed by atoms with Crippen molar-refractivity contribution in [3.05, 3.63) is 58.9 Å². The molecule has 0 heterocycles. The second-order valence-corrected chi connectivity index (χ2v) is 6.46. The van der Waals surface area contributed by atoms with E-state index in [1.807, 2.05) is 0 Å². The molecule has 2 aromatic rings. The first-order chi connectivity index (χ1) is 10.8. The first-order valence-corrected chi connectivity index (χ1v) is 8.16. The van der Waals surface area contributed by atoms with Crippen LogP contribution in [0.2, 0.25) is 5.02 Å². The molecule has 0 atom stereocenters. The van der Waals surface area contributed by atoms with E-state index in [1.54, 1.807) is 12.1 Å². The molecular formula is C15H12ClFO5S. The third-order valence-electron chi connectivity index (χ3n) is 2.89. The number of hydrogen-bond donors (Lipinski definition) is 0. The highest BCUT2D eigenvalue weighted by molar-refractivity contribution is 7.87. The van der Waals surface area contributed by atoms with E-state index in [0.717, 1.165) is 18.2 Å². The first-order valence-electron chi connectivity index (χ1n) is 6.37. The summed E-state index contributed by atoms with van der Waals surface area (Å²) in [5.74, 6) is -1.08. The van der Waals surface area contributed by atoms with Gasteiger partial charge >= 0.3 is 16.1 Å². The molecular weight excluding hydrogens is 347 g/mol. The van der Waals surface area contributed by atoms with Crippen molar-refractivity contribution in [3.63, 3.8) is 0 Å². The van der Waals surface area contributed by atoms with Gasteiger partial charge in [-0.3, -0.25) is 4.79 Å². The Kier molecular flexibility index (Phi) is 5.23.